The zero-order chi connectivity index (χ0) is 19.8. The molecule has 29 heavy (non-hydrogen) atoms. The second kappa shape index (κ2) is 7.02. The maximum atomic E-state index is 12.8. The Hall–Kier alpha value is -3.73. The van der Waals surface area contributed by atoms with E-state index in [-0.39, 0.29) is 5.91 Å². The Labute approximate surface area is 168 Å². The molecule has 0 saturated heterocycles. The summed E-state index contributed by atoms with van der Waals surface area (Å²) in [6.07, 6.45) is 1.69. The highest BCUT2D eigenvalue weighted by Gasteiger charge is 2.24. The predicted octanol–water partition coefficient (Wildman–Crippen LogP) is 4.48. The van der Waals surface area contributed by atoms with Crippen LogP contribution in [0.25, 0.3) is 22.0 Å². The summed E-state index contributed by atoms with van der Waals surface area (Å²) in [5, 5.41) is 14.0. The van der Waals surface area contributed by atoms with Gasteiger partial charge in [-0.1, -0.05) is 66.7 Å². The molecule has 4 aromatic rings. The number of hydrogen-bond acceptors (Lipinski definition) is 3. The quantitative estimate of drug-likeness (QED) is 0.406. The summed E-state index contributed by atoms with van der Waals surface area (Å²) < 4.78 is 0. The van der Waals surface area contributed by atoms with E-state index in [4.69, 9.17) is 0 Å². The molecule has 5 nitrogen and oxygen atoms in total. The molecule has 1 amide bonds. The number of fused-ring (bicyclic) bond motifs is 4. The highest BCUT2D eigenvalue weighted by molar-refractivity contribution is 6.10. The Kier molecular flexibility index (Phi) is 4.21. The molecule has 0 unspecified atom stereocenters. The molecule has 0 aliphatic heterocycles. The number of carbonyl (C=O) groups is 1. The van der Waals surface area contributed by atoms with Crippen LogP contribution in [0.4, 0.5) is 0 Å². The van der Waals surface area contributed by atoms with Crippen LogP contribution in [0, 0.1) is 0 Å². The number of benzene rings is 3. The van der Waals surface area contributed by atoms with Crippen molar-refractivity contribution in [3.63, 3.8) is 0 Å². The molecule has 3 aromatic carbocycles. The van der Waals surface area contributed by atoms with Crippen molar-refractivity contribution >= 4 is 22.4 Å². The Morgan fingerprint density at radius 2 is 1.79 bits per heavy atom. The first-order valence-corrected chi connectivity index (χ1v) is 9.70. The third kappa shape index (κ3) is 3.01. The van der Waals surface area contributed by atoms with Crippen LogP contribution in [0.1, 0.15) is 34.1 Å². The lowest BCUT2D eigenvalue weighted by atomic mass is 9.89. The summed E-state index contributed by atoms with van der Waals surface area (Å²) >= 11 is 0. The second-order valence-electron chi connectivity index (χ2n) is 7.25. The SMILES string of the molecule is CC(=NNC(=O)c1[nH]nc2c1CCc1ccccc1-2)c1cccc2ccccc12. The lowest BCUT2D eigenvalue weighted by molar-refractivity contribution is 0.0949. The van der Waals surface area contributed by atoms with Gasteiger partial charge in [-0.05, 0) is 36.1 Å². The van der Waals surface area contributed by atoms with Gasteiger partial charge in [-0.2, -0.15) is 10.2 Å². The topological polar surface area (TPSA) is 70.1 Å². The van der Waals surface area contributed by atoms with Gasteiger partial charge in [0, 0.05) is 16.7 Å². The van der Waals surface area contributed by atoms with E-state index < -0.39 is 0 Å². The highest BCUT2D eigenvalue weighted by Crippen LogP contribution is 2.33. The van der Waals surface area contributed by atoms with E-state index >= 15 is 0 Å². The maximum absolute atomic E-state index is 12.8. The van der Waals surface area contributed by atoms with Crippen LogP contribution < -0.4 is 5.43 Å². The molecular formula is C24H20N4O. The van der Waals surface area contributed by atoms with E-state index in [1.165, 1.54) is 5.56 Å². The Balaban J connectivity index is 1.43. The Morgan fingerprint density at radius 1 is 1.00 bits per heavy atom. The van der Waals surface area contributed by atoms with Crippen LogP contribution in [0.5, 0.6) is 0 Å². The van der Waals surface area contributed by atoms with E-state index in [2.05, 4.69) is 51.1 Å². The fraction of sp³-hybridized carbons (Fsp3) is 0.125. The van der Waals surface area contributed by atoms with Gasteiger partial charge < -0.3 is 0 Å². The summed E-state index contributed by atoms with van der Waals surface area (Å²) in [4.78, 5) is 12.8. The van der Waals surface area contributed by atoms with Crippen LogP contribution >= 0.6 is 0 Å². The van der Waals surface area contributed by atoms with Crippen molar-refractivity contribution in [2.45, 2.75) is 19.8 Å². The second-order valence-corrected chi connectivity index (χ2v) is 7.25. The minimum absolute atomic E-state index is 0.266. The fourth-order valence-corrected chi connectivity index (χ4v) is 4.04. The molecule has 0 saturated carbocycles. The van der Waals surface area contributed by atoms with Gasteiger partial charge in [0.05, 0.1) is 11.4 Å². The first kappa shape index (κ1) is 17.4. The zero-order valence-electron chi connectivity index (χ0n) is 16.1. The van der Waals surface area contributed by atoms with E-state index in [1.54, 1.807) is 0 Å². The number of carbonyl (C=O) groups excluding carboxylic acids is 1. The number of H-pyrrole nitrogens is 1. The van der Waals surface area contributed by atoms with Gasteiger partial charge in [0.1, 0.15) is 5.69 Å². The van der Waals surface area contributed by atoms with Crippen LogP contribution in [0.2, 0.25) is 0 Å². The standard InChI is InChI=1S/C24H20N4O/c1-15(18-12-6-9-16-7-2-4-10-19(16)18)25-28-24(29)23-21-14-13-17-8-3-5-11-20(17)22(21)26-27-23/h2-12H,13-14H2,1H3,(H,26,27)(H,28,29). The number of hydrazone groups is 1. The average Bonchev–Trinajstić information content (AvgIpc) is 3.21. The number of amides is 1. The van der Waals surface area contributed by atoms with Gasteiger partial charge in [0.2, 0.25) is 0 Å². The molecular weight excluding hydrogens is 360 g/mol. The number of rotatable bonds is 3. The first-order chi connectivity index (χ1) is 14.2. The zero-order valence-corrected chi connectivity index (χ0v) is 16.1. The monoisotopic (exact) mass is 380 g/mol. The Morgan fingerprint density at radius 3 is 2.72 bits per heavy atom. The molecule has 0 spiro atoms. The van der Waals surface area contributed by atoms with E-state index in [1.807, 2.05) is 43.3 Å². The number of nitrogens with zero attached hydrogens (tertiary/aromatic N) is 2. The number of nitrogens with one attached hydrogen (secondary N) is 2. The molecule has 1 aliphatic carbocycles. The predicted molar refractivity (Wildman–Crippen MR) is 115 cm³/mol. The fourth-order valence-electron chi connectivity index (χ4n) is 4.04. The van der Waals surface area contributed by atoms with Gasteiger partial charge in [0.15, 0.2) is 0 Å². The summed E-state index contributed by atoms with van der Waals surface area (Å²) in [6, 6.07) is 22.4. The molecule has 142 valence electrons. The van der Waals surface area contributed by atoms with Crippen LogP contribution in [0.3, 0.4) is 0 Å². The maximum Gasteiger partial charge on any atom is 0.289 e. The number of hydrogen-bond donors (Lipinski definition) is 2. The first-order valence-electron chi connectivity index (χ1n) is 9.70. The van der Waals surface area contributed by atoms with E-state index in [0.717, 1.165) is 51.7 Å². The summed E-state index contributed by atoms with van der Waals surface area (Å²) in [7, 11) is 0. The Bertz CT molecular complexity index is 1260. The van der Waals surface area contributed by atoms with Crippen molar-refractivity contribution in [3.05, 3.63) is 89.1 Å². The summed E-state index contributed by atoms with van der Waals surface area (Å²) in [5.74, 6) is -0.266. The van der Waals surface area contributed by atoms with Crippen molar-refractivity contribution < 1.29 is 4.79 Å². The third-order valence-electron chi connectivity index (χ3n) is 5.52. The molecule has 1 heterocycles. The van der Waals surface area contributed by atoms with Crippen LogP contribution in [-0.4, -0.2) is 21.8 Å². The van der Waals surface area contributed by atoms with Crippen molar-refractivity contribution in [3.8, 4) is 11.3 Å². The van der Waals surface area contributed by atoms with Gasteiger partial charge in [-0.3, -0.25) is 9.89 Å². The molecule has 1 aliphatic rings. The summed E-state index contributed by atoms with van der Waals surface area (Å²) in [5.41, 5.74) is 9.14. The molecule has 0 bridgehead atoms. The lowest BCUT2D eigenvalue weighted by Gasteiger charge is -2.15. The van der Waals surface area contributed by atoms with Gasteiger partial charge in [0.25, 0.3) is 5.91 Å². The van der Waals surface area contributed by atoms with Crippen molar-refractivity contribution in [1.82, 2.24) is 15.6 Å². The van der Waals surface area contributed by atoms with Gasteiger partial charge in [-0.15, -0.1) is 0 Å². The van der Waals surface area contributed by atoms with Crippen molar-refractivity contribution in [2.24, 2.45) is 5.10 Å². The molecule has 5 rings (SSSR count). The molecule has 0 fully saturated rings. The molecule has 0 radical (unpaired) electrons. The number of aromatic amines is 1. The summed E-state index contributed by atoms with van der Waals surface area (Å²) in [6.45, 7) is 1.90. The van der Waals surface area contributed by atoms with Gasteiger partial charge in [-0.25, -0.2) is 5.43 Å². The van der Waals surface area contributed by atoms with E-state index in [0.29, 0.717) is 5.69 Å². The van der Waals surface area contributed by atoms with Crippen LogP contribution in [-0.2, 0) is 12.8 Å². The molecule has 5 heteroatoms. The number of aryl methyl sites for hydroxylation is 1. The average molecular weight is 380 g/mol. The minimum atomic E-state index is -0.266. The van der Waals surface area contributed by atoms with Crippen molar-refractivity contribution in [2.75, 3.05) is 0 Å². The molecule has 0 atom stereocenters. The van der Waals surface area contributed by atoms with Crippen molar-refractivity contribution in [1.29, 1.82) is 0 Å². The van der Waals surface area contributed by atoms with E-state index in [9.17, 15) is 4.79 Å². The minimum Gasteiger partial charge on any atom is -0.272 e. The van der Waals surface area contributed by atoms with Crippen LogP contribution in [0.15, 0.2) is 71.8 Å². The normalized spacial score (nSPS) is 13.1. The highest BCUT2D eigenvalue weighted by atomic mass is 16.2. The smallest absolute Gasteiger partial charge is 0.272 e. The largest absolute Gasteiger partial charge is 0.289 e. The molecule has 2 N–H and O–H groups in total. The number of aromatic nitrogens is 2. The molecule has 1 aromatic heterocycles. The third-order valence-corrected chi connectivity index (χ3v) is 5.52. The van der Waals surface area contributed by atoms with Gasteiger partial charge >= 0.3 is 0 Å². The lowest BCUT2D eigenvalue weighted by Crippen LogP contribution is -2.21.